The third-order valence-corrected chi connectivity index (χ3v) is 4.56. The van der Waals surface area contributed by atoms with Gasteiger partial charge in [-0.05, 0) is 12.1 Å². The topological polar surface area (TPSA) is 112 Å². The van der Waals surface area contributed by atoms with Gasteiger partial charge in [0.2, 0.25) is 5.95 Å². The van der Waals surface area contributed by atoms with E-state index in [0.29, 0.717) is 16.6 Å². The van der Waals surface area contributed by atoms with Gasteiger partial charge in [0, 0.05) is 17.7 Å². The molecule has 0 atom stereocenters. The molecular weight excluding hydrogens is 272 g/mol. The number of nitrogen functional groups attached to an aromatic ring is 2. The van der Waals surface area contributed by atoms with Crippen LogP contribution in [-0.2, 0) is 12.8 Å². The Labute approximate surface area is 112 Å². The van der Waals surface area contributed by atoms with E-state index in [1.807, 2.05) is 6.07 Å². The maximum Gasteiger partial charge on any atom is 0.275 e. The van der Waals surface area contributed by atoms with Crippen molar-refractivity contribution in [2.45, 2.75) is 10.9 Å². The molecule has 0 radical (unpaired) electrons. The minimum absolute atomic E-state index is 0.279. The molecule has 0 aliphatic carbocycles. The Kier molecular flexibility index (Phi) is 3.84. The highest BCUT2D eigenvalue weighted by Crippen LogP contribution is 2.26. The smallest absolute Gasteiger partial charge is 0.275 e. The van der Waals surface area contributed by atoms with Crippen molar-refractivity contribution in [1.29, 1.82) is 0 Å². The normalized spacial score (nSPS) is 10.6. The zero-order chi connectivity index (χ0) is 13.1. The standard InChI is InChI=1S/C9H12N6OS2/c1-15-8(10)13-14-9(15)17-4-5-2-3-6(18-5)7(16)12-11/h2-3H,4,11H2,1H3,(H2,10,13)(H,12,16). The number of thiophene rings is 1. The van der Waals surface area contributed by atoms with Crippen LogP contribution in [0.5, 0.6) is 0 Å². The van der Waals surface area contributed by atoms with Crippen molar-refractivity contribution in [2.24, 2.45) is 12.9 Å². The van der Waals surface area contributed by atoms with Crippen LogP contribution in [0.3, 0.4) is 0 Å². The lowest BCUT2D eigenvalue weighted by atomic mass is 10.4. The molecule has 96 valence electrons. The number of aromatic nitrogens is 3. The molecule has 0 saturated carbocycles. The van der Waals surface area contributed by atoms with Crippen molar-refractivity contribution in [3.63, 3.8) is 0 Å². The molecule has 1 amide bonds. The van der Waals surface area contributed by atoms with Gasteiger partial charge in [-0.25, -0.2) is 5.84 Å². The molecule has 2 aromatic rings. The van der Waals surface area contributed by atoms with Gasteiger partial charge >= 0.3 is 0 Å². The molecule has 0 aromatic carbocycles. The first-order chi connectivity index (χ1) is 8.61. The van der Waals surface area contributed by atoms with Gasteiger partial charge in [0.25, 0.3) is 5.91 Å². The molecule has 5 N–H and O–H groups in total. The lowest BCUT2D eigenvalue weighted by Gasteiger charge is -1.99. The highest BCUT2D eigenvalue weighted by Gasteiger charge is 2.10. The van der Waals surface area contributed by atoms with Crippen LogP contribution in [0.25, 0.3) is 0 Å². The van der Waals surface area contributed by atoms with Crippen LogP contribution in [0.1, 0.15) is 14.5 Å². The Morgan fingerprint density at radius 1 is 1.56 bits per heavy atom. The van der Waals surface area contributed by atoms with Crippen molar-refractivity contribution in [3.8, 4) is 0 Å². The lowest BCUT2D eigenvalue weighted by Crippen LogP contribution is -2.29. The van der Waals surface area contributed by atoms with Crippen molar-refractivity contribution >= 4 is 35.0 Å². The number of carbonyl (C=O) groups excluding carboxylic acids is 1. The summed E-state index contributed by atoms with van der Waals surface area (Å²) in [6, 6.07) is 3.63. The number of nitrogens with zero attached hydrogens (tertiary/aromatic N) is 3. The van der Waals surface area contributed by atoms with Crippen LogP contribution in [0.4, 0.5) is 5.95 Å². The number of rotatable bonds is 4. The number of amides is 1. The van der Waals surface area contributed by atoms with Crippen molar-refractivity contribution in [3.05, 3.63) is 21.9 Å². The average molecular weight is 284 g/mol. The van der Waals surface area contributed by atoms with Crippen LogP contribution >= 0.6 is 23.1 Å². The van der Waals surface area contributed by atoms with E-state index in [9.17, 15) is 4.79 Å². The van der Waals surface area contributed by atoms with Crippen LogP contribution in [0.15, 0.2) is 17.3 Å². The SMILES string of the molecule is Cn1c(N)nnc1SCc1ccc(C(=O)NN)s1. The van der Waals surface area contributed by atoms with Crippen LogP contribution in [0, 0.1) is 0 Å². The molecule has 2 rings (SSSR count). The van der Waals surface area contributed by atoms with Crippen molar-refractivity contribution in [1.82, 2.24) is 20.2 Å². The predicted molar refractivity (Wildman–Crippen MR) is 70.9 cm³/mol. The zero-order valence-electron chi connectivity index (χ0n) is 9.58. The summed E-state index contributed by atoms with van der Waals surface area (Å²) in [5, 5.41) is 8.45. The van der Waals surface area contributed by atoms with Gasteiger partial charge in [-0.1, -0.05) is 11.8 Å². The Bertz CT molecular complexity index is 563. The van der Waals surface area contributed by atoms with E-state index in [0.717, 1.165) is 10.0 Å². The minimum atomic E-state index is -0.279. The number of hydrogen-bond acceptors (Lipinski definition) is 7. The maximum atomic E-state index is 11.3. The van der Waals surface area contributed by atoms with E-state index in [1.54, 1.807) is 17.7 Å². The van der Waals surface area contributed by atoms with Gasteiger partial charge in [0.15, 0.2) is 5.16 Å². The molecule has 0 saturated heterocycles. The van der Waals surface area contributed by atoms with Gasteiger partial charge in [-0.3, -0.25) is 14.8 Å². The fourth-order valence-electron chi connectivity index (χ4n) is 1.24. The average Bonchev–Trinajstić information content (AvgIpc) is 2.96. The fourth-order valence-corrected chi connectivity index (χ4v) is 3.11. The first-order valence-electron chi connectivity index (χ1n) is 4.99. The first kappa shape index (κ1) is 12.9. The molecule has 0 aliphatic rings. The summed E-state index contributed by atoms with van der Waals surface area (Å²) in [6.45, 7) is 0. The van der Waals surface area contributed by atoms with Crippen LogP contribution < -0.4 is 17.0 Å². The van der Waals surface area contributed by atoms with Crippen molar-refractivity contribution in [2.75, 3.05) is 5.73 Å². The Morgan fingerprint density at radius 3 is 2.94 bits per heavy atom. The highest BCUT2D eigenvalue weighted by molar-refractivity contribution is 7.98. The Hall–Kier alpha value is -1.58. The van der Waals surface area contributed by atoms with Gasteiger partial charge in [-0.2, -0.15) is 0 Å². The quantitative estimate of drug-likeness (QED) is 0.323. The summed E-state index contributed by atoms with van der Waals surface area (Å²) in [5.74, 6) is 5.87. The van der Waals surface area contributed by atoms with E-state index in [-0.39, 0.29) is 5.91 Å². The largest absolute Gasteiger partial charge is 0.368 e. The molecule has 9 heteroatoms. The summed E-state index contributed by atoms with van der Waals surface area (Å²) in [6.07, 6.45) is 0. The zero-order valence-corrected chi connectivity index (χ0v) is 11.2. The maximum absolute atomic E-state index is 11.3. The van der Waals surface area contributed by atoms with E-state index in [2.05, 4.69) is 15.6 Å². The number of thioether (sulfide) groups is 1. The molecule has 2 aromatic heterocycles. The number of hydrazine groups is 1. The van der Waals surface area contributed by atoms with Crippen LogP contribution in [0.2, 0.25) is 0 Å². The molecule has 0 unspecified atom stereocenters. The predicted octanol–water partition coefficient (Wildman–Crippen LogP) is 0.355. The van der Waals surface area contributed by atoms with E-state index in [1.165, 1.54) is 23.1 Å². The number of nitrogens with two attached hydrogens (primary N) is 2. The second-order valence-corrected chi connectivity index (χ2v) is 5.54. The van der Waals surface area contributed by atoms with E-state index in [4.69, 9.17) is 11.6 Å². The van der Waals surface area contributed by atoms with Gasteiger partial charge < -0.3 is 5.73 Å². The van der Waals surface area contributed by atoms with E-state index < -0.39 is 0 Å². The second kappa shape index (κ2) is 5.38. The second-order valence-electron chi connectivity index (χ2n) is 3.43. The van der Waals surface area contributed by atoms with Crippen LogP contribution in [-0.4, -0.2) is 20.7 Å². The number of anilines is 1. The van der Waals surface area contributed by atoms with Gasteiger partial charge in [0.05, 0.1) is 4.88 Å². The van der Waals surface area contributed by atoms with Gasteiger partial charge in [0.1, 0.15) is 0 Å². The molecule has 0 aliphatic heterocycles. The molecule has 2 heterocycles. The Morgan fingerprint density at radius 2 is 2.33 bits per heavy atom. The minimum Gasteiger partial charge on any atom is -0.368 e. The number of hydrogen-bond donors (Lipinski definition) is 3. The molecule has 0 bridgehead atoms. The summed E-state index contributed by atoms with van der Waals surface area (Å²) >= 11 is 2.91. The fraction of sp³-hybridized carbons (Fsp3) is 0.222. The molecular formula is C9H12N6OS2. The summed E-state index contributed by atoms with van der Waals surface area (Å²) < 4.78 is 1.71. The highest BCUT2D eigenvalue weighted by atomic mass is 32.2. The number of carbonyl (C=O) groups is 1. The third-order valence-electron chi connectivity index (χ3n) is 2.23. The molecule has 0 spiro atoms. The first-order valence-corrected chi connectivity index (χ1v) is 6.79. The van der Waals surface area contributed by atoms with Gasteiger partial charge in [-0.15, -0.1) is 21.5 Å². The van der Waals surface area contributed by atoms with E-state index >= 15 is 0 Å². The third kappa shape index (κ3) is 2.63. The monoisotopic (exact) mass is 284 g/mol. The summed E-state index contributed by atoms with van der Waals surface area (Å²) in [7, 11) is 1.80. The summed E-state index contributed by atoms with van der Waals surface area (Å²) in [5.41, 5.74) is 7.69. The molecule has 7 nitrogen and oxygen atoms in total. The molecule has 0 fully saturated rings. The summed E-state index contributed by atoms with van der Waals surface area (Å²) in [4.78, 5) is 12.9. The lowest BCUT2D eigenvalue weighted by molar-refractivity contribution is 0.0957. The van der Waals surface area contributed by atoms with Crippen molar-refractivity contribution < 1.29 is 4.79 Å². The Balaban J connectivity index is 2.00. The molecule has 18 heavy (non-hydrogen) atoms. The number of nitrogens with one attached hydrogen (secondary N) is 1.